The predicted octanol–water partition coefficient (Wildman–Crippen LogP) is 1.24. The molecule has 1 amide bonds. The molecule has 2 N–H and O–H groups in total. The number of morpholine rings is 1. The van der Waals surface area contributed by atoms with Gasteiger partial charge in [0.15, 0.2) is 0 Å². The third-order valence-corrected chi connectivity index (χ3v) is 3.57. The first kappa shape index (κ1) is 15.9. The molecule has 1 aliphatic heterocycles. The number of benzene rings is 1. The quantitative estimate of drug-likeness (QED) is 0.858. The molecule has 21 heavy (non-hydrogen) atoms. The van der Waals surface area contributed by atoms with Crippen LogP contribution < -0.4 is 5.32 Å². The number of nitrogens with one attached hydrogen (secondary N) is 1. The molecule has 0 unspecified atom stereocenters. The first-order valence-electron chi connectivity index (χ1n) is 7.10. The Bertz CT molecular complexity index is 484. The Balaban J connectivity index is 1.80. The van der Waals surface area contributed by atoms with Gasteiger partial charge in [-0.3, -0.25) is 9.69 Å². The van der Waals surface area contributed by atoms with Crippen molar-refractivity contribution in [3.63, 3.8) is 0 Å². The maximum atomic E-state index is 13.0. The highest BCUT2D eigenvalue weighted by atomic mass is 19.1. The summed E-state index contributed by atoms with van der Waals surface area (Å²) in [5.41, 5.74) is 0.461. The number of anilines is 1. The number of aliphatic hydroxyl groups excluding tert-OH is 1. The zero-order valence-electron chi connectivity index (χ0n) is 12.1. The van der Waals surface area contributed by atoms with E-state index in [-0.39, 0.29) is 30.5 Å². The molecule has 5 nitrogen and oxygen atoms in total. The number of hydrogen-bond acceptors (Lipinski definition) is 4. The van der Waals surface area contributed by atoms with E-state index < -0.39 is 0 Å². The van der Waals surface area contributed by atoms with Crippen LogP contribution in [0.5, 0.6) is 0 Å². The van der Waals surface area contributed by atoms with E-state index in [1.807, 2.05) is 6.92 Å². The minimum atomic E-state index is -0.375. The first-order valence-corrected chi connectivity index (χ1v) is 7.10. The number of carbonyl (C=O) groups excluding carboxylic acids is 1. The van der Waals surface area contributed by atoms with Gasteiger partial charge in [0.25, 0.3) is 0 Å². The molecular weight excluding hydrogens is 275 g/mol. The smallest absolute Gasteiger partial charge is 0.225 e. The van der Waals surface area contributed by atoms with Gasteiger partial charge >= 0.3 is 0 Å². The fourth-order valence-electron chi connectivity index (χ4n) is 2.33. The molecule has 1 fully saturated rings. The summed E-state index contributed by atoms with van der Waals surface area (Å²) in [6.07, 6.45) is 0.131. The van der Waals surface area contributed by atoms with Crippen LogP contribution in [0.25, 0.3) is 0 Å². The standard InChI is InChI=1S/C15H21FN2O3/c1-11-10-21-14(9-19)8-18(11)6-5-15(20)17-13-4-2-3-12(16)7-13/h2-4,7,11,14,19H,5-6,8-10H2,1H3,(H,17,20)/t11-,14-/m0/s1. The van der Waals surface area contributed by atoms with Crippen molar-refractivity contribution in [2.75, 3.05) is 31.6 Å². The molecule has 2 atom stereocenters. The van der Waals surface area contributed by atoms with Crippen LogP contribution in [0, 0.1) is 5.82 Å². The van der Waals surface area contributed by atoms with Crippen LogP contribution in [0.2, 0.25) is 0 Å². The molecule has 2 rings (SSSR count). The molecule has 1 aromatic rings. The molecule has 1 aromatic carbocycles. The van der Waals surface area contributed by atoms with Crippen LogP contribution >= 0.6 is 0 Å². The van der Waals surface area contributed by atoms with E-state index >= 15 is 0 Å². The number of aliphatic hydroxyl groups is 1. The van der Waals surface area contributed by atoms with E-state index in [0.717, 1.165) is 0 Å². The Morgan fingerprint density at radius 3 is 3.10 bits per heavy atom. The molecule has 0 radical (unpaired) electrons. The normalized spacial score (nSPS) is 23.0. The summed E-state index contributed by atoms with van der Waals surface area (Å²) in [6.45, 7) is 3.76. The van der Waals surface area contributed by atoms with Gasteiger partial charge in [-0.05, 0) is 25.1 Å². The molecule has 1 saturated heterocycles. The molecule has 1 aliphatic rings. The van der Waals surface area contributed by atoms with Crippen molar-refractivity contribution >= 4 is 11.6 Å². The molecule has 0 aromatic heterocycles. The average molecular weight is 296 g/mol. The van der Waals surface area contributed by atoms with Crippen molar-refractivity contribution in [3.05, 3.63) is 30.1 Å². The number of carbonyl (C=O) groups is 1. The van der Waals surface area contributed by atoms with E-state index in [4.69, 9.17) is 9.84 Å². The number of hydrogen-bond donors (Lipinski definition) is 2. The van der Waals surface area contributed by atoms with Crippen LogP contribution in [0.4, 0.5) is 10.1 Å². The summed E-state index contributed by atoms with van der Waals surface area (Å²) in [5.74, 6) is -0.528. The van der Waals surface area contributed by atoms with Crippen LogP contribution in [-0.4, -0.2) is 54.4 Å². The zero-order chi connectivity index (χ0) is 15.2. The lowest BCUT2D eigenvalue weighted by molar-refractivity contribution is -0.118. The summed E-state index contributed by atoms with van der Waals surface area (Å²) in [4.78, 5) is 14.0. The summed E-state index contributed by atoms with van der Waals surface area (Å²) < 4.78 is 18.5. The molecule has 0 spiro atoms. The summed E-state index contributed by atoms with van der Waals surface area (Å²) >= 11 is 0. The minimum Gasteiger partial charge on any atom is -0.394 e. The topological polar surface area (TPSA) is 61.8 Å². The summed E-state index contributed by atoms with van der Waals surface area (Å²) in [6, 6.07) is 6.05. The highest BCUT2D eigenvalue weighted by Crippen LogP contribution is 2.13. The van der Waals surface area contributed by atoms with Crippen molar-refractivity contribution in [2.24, 2.45) is 0 Å². The molecule has 0 aliphatic carbocycles. The second-order valence-corrected chi connectivity index (χ2v) is 5.29. The van der Waals surface area contributed by atoms with Gasteiger partial charge in [0.2, 0.25) is 5.91 Å². The number of halogens is 1. The van der Waals surface area contributed by atoms with Gasteiger partial charge < -0.3 is 15.2 Å². The van der Waals surface area contributed by atoms with Crippen molar-refractivity contribution in [2.45, 2.75) is 25.5 Å². The van der Waals surface area contributed by atoms with Crippen LogP contribution in [-0.2, 0) is 9.53 Å². The maximum absolute atomic E-state index is 13.0. The van der Waals surface area contributed by atoms with E-state index in [9.17, 15) is 9.18 Å². The predicted molar refractivity (Wildman–Crippen MR) is 77.5 cm³/mol. The number of amides is 1. The lowest BCUT2D eigenvalue weighted by atomic mass is 10.2. The molecule has 0 bridgehead atoms. The fraction of sp³-hybridized carbons (Fsp3) is 0.533. The van der Waals surface area contributed by atoms with E-state index in [1.165, 1.54) is 12.1 Å². The van der Waals surface area contributed by atoms with Crippen LogP contribution in [0.3, 0.4) is 0 Å². The minimum absolute atomic E-state index is 0.0152. The fourth-order valence-corrected chi connectivity index (χ4v) is 2.33. The van der Waals surface area contributed by atoms with Crippen LogP contribution in [0.15, 0.2) is 24.3 Å². The maximum Gasteiger partial charge on any atom is 0.225 e. The van der Waals surface area contributed by atoms with Gasteiger partial charge in [0.1, 0.15) is 5.82 Å². The van der Waals surface area contributed by atoms with Crippen LogP contribution in [0.1, 0.15) is 13.3 Å². The summed E-state index contributed by atoms with van der Waals surface area (Å²) in [5, 5.41) is 11.8. The van der Waals surface area contributed by atoms with Gasteiger partial charge in [-0.1, -0.05) is 6.07 Å². The van der Waals surface area contributed by atoms with E-state index in [2.05, 4.69) is 10.2 Å². The number of nitrogens with zero attached hydrogens (tertiary/aromatic N) is 1. The highest BCUT2D eigenvalue weighted by Gasteiger charge is 2.25. The Morgan fingerprint density at radius 1 is 1.57 bits per heavy atom. The highest BCUT2D eigenvalue weighted by molar-refractivity contribution is 5.90. The van der Waals surface area contributed by atoms with Gasteiger partial charge in [0, 0.05) is 31.2 Å². The SMILES string of the molecule is C[C@H]1CO[C@H](CO)CN1CCC(=O)Nc1cccc(F)c1. The molecule has 1 heterocycles. The Kier molecular flexibility index (Phi) is 5.67. The Hall–Kier alpha value is -1.50. The Labute approximate surface area is 123 Å². The Morgan fingerprint density at radius 2 is 2.38 bits per heavy atom. The van der Waals surface area contributed by atoms with Gasteiger partial charge in [0.05, 0.1) is 19.3 Å². The lowest BCUT2D eigenvalue weighted by Gasteiger charge is -2.37. The van der Waals surface area contributed by atoms with Crippen molar-refractivity contribution in [1.29, 1.82) is 0 Å². The van der Waals surface area contributed by atoms with E-state index in [1.54, 1.807) is 12.1 Å². The summed E-state index contributed by atoms with van der Waals surface area (Å²) in [7, 11) is 0. The molecule has 116 valence electrons. The van der Waals surface area contributed by atoms with E-state index in [0.29, 0.717) is 31.8 Å². The third-order valence-electron chi connectivity index (χ3n) is 3.57. The largest absolute Gasteiger partial charge is 0.394 e. The van der Waals surface area contributed by atoms with Gasteiger partial charge in [-0.15, -0.1) is 0 Å². The number of ether oxygens (including phenoxy) is 1. The lowest BCUT2D eigenvalue weighted by Crippen LogP contribution is -2.50. The third kappa shape index (κ3) is 4.77. The van der Waals surface area contributed by atoms with Crippen molar-refractivity contribution in [3.8, 4) is 0 Å². The molecule has 0 saturated carbocycles. The second-order valence-electron chi connectivity index (χ2n) is 5.29. The van der Waals surface area contributed by atoms with Crippen molar-refractivity contribution in [1.82, 2.24) is 4.90 Å². The first-order chi connectivity index (χ1) is 10.1. The van der Waals surface area contributed by atoms with Crippen molar-refractivity contribution < 1.29 is 19.0 Å². The molecular formula is C15H21FN2O3. The average Bonchev–Trinajstić information content (AvgIpc) is 2.46. The van der Waals surface area contributed by atoms with Gasteiger partial charge in [-0.2, -0.15) is 0 Å². The molecule has 6 heteroatoms. The zero-order valence-corrected chi connectivity index (χ0v) is 12.1. The van der Waals surface area contributed by atoms with Gasteiger partial charge in [-0.25, -0.2) is 4.39 Å². The number of rotatable bonds is 5. The second kappa shape index (κ2) is 7.49. The monoisotopic (exact) mass is 296 g/mol.